The van der Waals surface area contributed by atoms with E-state index in [1.807, 2.05) is 26.0 Å². The molecule has 0 saturated carbocycles. The van der Waals surface area contributed by atoms with Crippen molar-refractivity contribution >= 4 is 0 Å². The monoisotopic (exact) mass is 237 g/mol. The number of benzene rings is 1. The number of ether oxygens (including phenoxy) is 2. The Morgan fingerprint density at radius 3 is 2.82 bits per heavy atom. The van der Waals surface area contributed by atoms with Gasteiger partial charge in [0.05, 0.1) is 6.61 Å². The first-order valence-electron chi connectivity index (χ1n) is 6.37. The molecule has 0 aliphatic heterocycles. The molecular weight excluding hydrogens is 214 g/mol. The first kappa shape index (κ1) is 14.0. The van der Waals surface area contributed by atoms with Crippen molar-refractivity contribution in [3.63, 3.8) is 0 Å². The Morgan fingerprint density at radius 2 is 2.06 bits per heavy atom. The van der Waals surface area contributed by atoms with Crippen LogP contribution in [0, 0.1) is 0 Å². The van der Waals surface area contributed by atoms with E-state index < -0.39 is 0 Å². The maximum absolute atomic E-state index is 5.46. The second-order valence-electron chi connectivity index (χ2n) is 3.81. The van der Waals surface area contributed by atoms with Crippen molar-refractivity contribution in [1.82, 2.24) is 5.32 Å². The zero-order chi connectivity index (χ0) is 12.3. The van der Waals surface area contributed by atoms with Crippen molar-refractivity contribution in [3.05, 3.63) is 29.8 Å². The fourth-order valence-corrected chi connectivity index (χ4v) is 1.59. The van der Waals surface area contributed by atoms with E-state index in [-0.39, 0.29) is 0 Å². The fourth-order valence-electron chi connectivity index (χ4n) is 1.59. The van der Waals surface area contributed by atoms with Crippen molar-refractivity contribution in [2.24, 2.45) is 0 Å². The summed E-state index contributed by atoms with van der Waals surface area (Å²) in [5, 5.41) is 3.39. The highest BCUT2D eigenvalue weighted by atomic mass is 16.5. The second-order valence-corrected chi connectivity index (χ2v) is 3.81. The molecule has 0 heterocycles. The zero-order valence-corrected chi connectivity index (χ0v) is 10.9. The van der Waals surface area contributed by atoms with Crippen LogP contribution in [0.2, 0.25) is 0 Å². The maximum atomic E-state index is 5.46. The average Bonchev–Trinajstić information content (AvgIpc) is 2.35. The lowest BCUT2D eigenvalue weighted by Crippen LogP contribution is -2.16. The number of nitrogens with one attached hydrogen (secondary N) is 1. The summed E-state index contributed by atoms with van der Waals surface area (Å²) in [6.45, 7) is 8.24. The third-order valence-electron chi connectivity index (χ3n) is 2.38. The summed E-state index contributed by atoms with van der Waals surface area (Å²) in [5.74, 6) is 0.945. The van der Waals surface area contributed by atoms with Crippen molar-refractivity contribution < 1.29 is 9.47 Å². The lowest BCUT2D eigenvalue weighted by Gasteiger charge is -2.07. The van der Waals surface area contributed by atoms with Gasteiger partial charge in [-0.3, -0.25) is 0 Å². The molecule has 1 aromatic rings. The van der Waals surface area contributed by atoms with E-state index in [4.69, 9.17) is 9.47 Å². The van der Waals surface area contributed by atoms with Gasteiger partial charge in [0.1, 0.15) is 5.75 Å². The SMILES string of the molecule is CCOCCCNCc1cccc(OCC)c1. The Hall–Kier alpha value is -1.06. The molecule has 3 heteroatoms. The standard InChI is InChI=1S/C14H23NO2/c1-3-16-10-6-9-15-12-13-7-5-8-14(11-13)17-4-2/h5,7-8,11,15H,3-4,6,9-10,12H2,1-2H3. The molecule has 0 amide bonds. The van der Waals surface area contributed by atoms with E-state index in [1.165, 1.54) is 5.56 Å². The largest absolute Gasteiger partial charge is 0.494 e. The number of hydrogen-bond donors (Lipinski definition) is 1. The third-order valence-corrected chi connectivity index (χ3v) is 2.38. The molecule has 0 aromatic heterocycles. The van der Waals surface area contributed by atoms with Gasteiger partial charge in [-0.15, -0.1) is 0 Å². The minimum Gasteiger partial charge on any atom is -0.494 e. The molecule has 0 bridgehead atoms. The Balaban J connectivity index is 2.19. The lowest BCUT2D eigenvalue weighted by molar-refractivity contribution is 0.144. The van der Waals surface area contributed by atoms with E-state index in [2.05, 4.69) is 17.4 Å². The van der Waals surface area contributed by atoms with Gasteiger partial charge in [0.15, 0.2) is 0 Å². The highest BCUT2D eigenvalue weighted by Gasteiger charge is 1.96. The molecule has 0 radical (unpaired) electrons. The first-order valence-corrected chi connectivity index (χ1v) is 6.37. The summed E-state index contributed by atoms with van der Waals surface area (Å²) in [6.07, 6.45) is 1.05. The molecule has 0 saturated heterocycles. The van der Waals surface area contributed by atoms with Gasteiger partial charge in [0, 0.05) is 19.8 Å². The molecule has 1 aromatic carbocycles. The summed E-state index contributed by atoms with van der Waals surface area (Å²) in [7, 11) is 0. The van der Waals surface area contributed by atoms with Gasteiger partial charge in [-0.2, -0.15) is 0 Å². The molecule has 0 atom stereocenters. The Morgan fingerprint density at radius 1 is 1.18 bits per heavy atom. The van der Waals surface area contributed by atoms with E-state index in [9.17, 15) is 0 Å². The zero-order valence-electron chi connectivity index (χ0n) is 10.9. The fraction of sp³-hybridized carbons (Fsp3) is 0.571. The van der Waals surface area contributed by atoms with Crippen LogP contribution in [0.5, 0.6) is 5.75 Å². The topological polar surface area (TPSA) is 30.5 Å². The van der Waals surface area contributed by atoms with Gasteiger partial charge in [0.2, 0.25) is 0 Å². The van der Waals surface area contributed by atoms with Gasteiger partial charge >= 0.3 is 0 Å². The Labute approximate surface area is 104 Å². The molecule has 17 heavy (non-hydrogen) atoms. The van der Waals surface area contributed by atoms with Gasteiger partial charge in [-0.05, 0) is 44.5 Å². The summed E-state index contributed by atoms with van der Waals surface area (Å²) in [4.78, 5) is 0. The van der Waals surface area contributed by atoms with Crippen LogP contribution in [0.25, 0.3) is 0 Å². The molecule has 0 unspecified atom stereocenters. The van der Waals surface area contributed by atoms with Gasteiger partial charge < -0.3 is 14.8 Å². The quantitative estimate of drug-likeness (QED) is 0.670. The summed E-state index contributed by atoms with van der Waals surface area (Å²) < 4.78 is 10.7. The van der Waals surface area contributed by atoms with Crippen molar-refractivity contribution in [2.75, 3.05) is 26.4 Å². The van der Waals surface area contributed by atoms with Crippen LogP contribution in [0.1, 0.15) is 25.8 Å². The van der Waals surface area contributed by atoms with E-state index in [0.717, 1.165) is 38.5 Å². The molecule has 0 aliphatic rings. The van der Waals surface area contributed by atoms with Gasteiger partial charge in [-0.25, -0.2) is 0 Å². The predicted molar refractivity (Wildman–Crippen MR) is 70.4 cm³/mol. The van der Waals surface area contributed by atoms with Crippen molar-refractivity contribution in [2.45, 2.75) is 26.8 Å². The van der Waals surface area contributed by atoms with Crippen molar-refractivity contribution in [3.8, 4) is 5.75 Å². The van der Waals surface area contributed by atoms with Crippen LogP contribution in [0.15, 0.2) is 24.3 Å². The molecule has 1 rings (SSSR count). The normalized spacial score (nSPS) is 10.5. The predicted octanol–water partition coefficient (Wildman–Crippen LogP) is 2.60. The minimum atomic E-state index is 0.714. The number of rotatable bonds is 9. The van der Waals surface area contributed by atoms with Crippen LogP contribution >= 0.6 is 0 Å². The average molecular weight is 237 g/mol. The molecular formula is C14H23NO2. The first-order chi connectivity index (χ1) is 8.36. The smallest absolute Gasteiger partial charge is 0.119 e. The molecule has 1 N–H and O–H groups in total. The molecule has 0 aliphatic carbocycles. The van der Waals surface area contributed by atoms with E-state index >= 15 is 0 Å². The Kier molecular flexibility index (Phi) is 7.43. The van der Waals surface area contributed by atoms with Crippen LogP contribution in [-0.2, 0) is 11.3 Å². The van der Waals surface area contributed by atoms with Crippen LogP contribution in [0.4, 0.5) is 0 Å². The van der Waals surface area contributed by atoms with Crippen LogP contribution in [-0.4, -0.2) is 26.4 Å². The van der Waals surface area contributed by atoms with Crippen LogP contribution in [0.3, 0.4) is 0 Å². The van der Waals surface area contributed by atoms with Crippen molar-refractivity contribution in [1.29, 1.82) is 0 Å². The molecule has 96 valence electrons. The highest BCUT2D eigenvalue weighted by molar-refractivity contribution is 5.28. The Bertz CT molecular complexity index is 302. The molecule has 0 spiro atoms. The molecule has 0 fully saturated rings. The van der Waals surface area contributed by atoms with E-state index in [1.54, 1.807) is 0 Å². The maximum Gasteiger partial charge on any atom is 0.119 e. The van der Waals surface area contributed by atoms with E-state index in [0.29, 0.717) is 6.61 Å². The summed E-state index contributed by atoms with van der Waals surface area (Å²) in [6, 6.07) is 8.21. The van der Waals surface area contributed by atoms with Gasteiger partial charge in [-0.1, -0.05) is 12.1 Å². The minimum absolute atomic E-state index is 0.714. The number of hydrogen-bond acceptors (Lipinski definition) is 3. The lowest BCUT2D eigenvalue weighted by atomic mass is 10.2. The summed E-state index contributed by atoms with van der Waals surface area (Å²) >= 11 is 0. The molecule has 3 nitrogen and oxygen atoms in total. The second kappa shape index (κ2) is 9.02. The van der Waals surface area contributed by atoms with Crippen LogP contribution < -0.4 is 10.1 Å². The highest BCUT2D eigenvalue weighted by Crippen LogP contribution is 2.12. The third kappa shape index (κ3) is 6.29. The van der Waals surface area contributed by atoms with Gasteiger partial charge in [0.25, 0.3) is 0 Å². The summed E-state index contributed by atoms with van der Waals surface area (Å²) in [5.41, 5.74) is 1.26.